The first-order valence-electron chi connectivity index (χ1n) is 5.05. The van der Waals surface area contributed by atoms with Crippen LogP contribution in [-0.2, 0) is 4.79 Å². The van der Waals surface area contributed by atoms with E-state index in [1.54, 1.807) is 0 Å². The number of nitrogens with one attached hydrogen (secondary N) is 1. The largest absolute Gasteiger partial charge is 0.378 e. The molecule has 0 aromatic heterocycles. The number of ketones is 1. The summed E-state index contributed by atoms with van der Waals surface area (Å²) >= 11 is 0. The number of hydrogen-bond donors (Lipinski definition) is 1. The minimum absolute atomic E-state index is 0.159. The van der Waals surface area contributed by atoms with Crippen LogP contribution in [0.15, 0.2) is 30.3 Å². The number of carbonyl (C=O) groups excluding carboxylic acids is 1. The maximum absolute atomic E-state index is 11.5. The molecule has 0 aliphatic heterocycles. The molecule has 0 aliphatic carbocycles. The number of anilines is 1. The molecular formula is C12H17NO. The molecule has 0 radical (unpaired) electrons. The highest BCUT2D eigenvalue weighted by Crippen LogP contribution is 2.06. The molecule has 1 atom stereocenters. The van der Waals surface area contributed by atoms with E-state index in [-0.39, 0.29) is 11.7 Å². The van der Waals surface area contributed by atoms with Crippen molar-refractivity contribution in [2.75, 3.05) is 11.9 Å². The molecular weight excluding hydrogens is 174 g/mol. The second kappa shape index (κ2) is 5.43. The third-order valence-electron chi connectivity index (χ3n) is 2.40. The van der Waals surface area contributed by atoms with Gasteiger partial charge in [0.15, 0.2) is 5.78 Å². The van der Waals surface area contributed by atoms with Gasteiger partial charge in [-0.05, 0) is 18.6 Å². The van der Waals surface area contributed by atoms with Gasteiger partial charge in [-0.15, -0.1) is 0 Å². The zero-order chi connectivity index (χ0) is 10.4. The third-order valence-corrected chi connectivity index (χ3v) is 2.40. The van der Waals surface area contributed by atoms with E-state index in [1.165, 1.54) is 0 Å². The van der Waals surface area contributed by atoms with Crippen molar-refractivity contribution in [2.45, 2.75) is 20.3 Å². The van der Waals surface area contributed by atoms with E-state index in [0.29, 0.717) is 6.54 Å². The van der Waals surface area contributed by atoms with Crippen molar-refractivity contribution in [3.63, 3.8) is 0 Å². The van der Waals surface area contributed by atoms with E-state index in [9.17, 15) is 4.79 Å². The molecule has 1 aromatic carbocycles. The molecule has 0 bridgehead atoms. The highest BCUT2D eigenvalue weighted by molar-refractivity contribution is 5.84. The summed E-state index contributed by atoms with van der Waals surface area (Å²) in [6, 6.07) is 9.79. The molecule has 2 heteroatoms. The van der Waals surface area contributed by atoms with E-state index < -0.39 is 0 Å². The molecule has 0 spiro atoms. The van der Waals surface area contributed by atoms with Crippen molar-refractivity contribution in [3.8, 4) is 0 Å². The fourth-order valence-electron chi connectivity index (χ4n) is 1.15. The maximum atomic E-state index is 11.5. The van der Waals surface area contributed by atoms with Gasteiger partial charge in [-0.2, -0.15) is 0 Å². The fourth-order valence-corrected chi connectivity index (χ4v) is 1.15. The average molecular weight is 191 g/mol. The van der Waals surface area contributed by atoms with Crippen LogP contribution in [0.25, 0.3) is 0 Å². The summed E-state index contributed by atoms with van der Waals surface area (Å²) in [6.07, 6.45) is 0.912. The van der Waals surface area contributed by atoms with Gasteiger partial charge in [0.1, 0.15) is 0 Å². The average Bonchev–Trinajstić information content (AvgIpc) is 2.26. The lowest BCUT2D eigenvalue weighted by molar-refractivity contribution is -0.120. The van der Waals surface area contributed by atoms with Crippen molar-refractivity contribution in [1.82, 2.24) is 0 Å². The molecule has 14 heavy (non-hydrogen) atoms. The fraction of sp³-hybridized carbons (Fsp3) is 0.417. The van der Waals surface area contributed by atoms with Crippen molar-refractivity contribution < 1.29 is 4.79 Å². The number of para-hydroxylation sites is 1. The quantitative estimate of drug-likeness (QED) is 0.775. The first-order valence-corrected chi connectivity index (χ1v) is 5.05. The summed E-state index contributed by atoms with van der Waals surface area (Å²) in [4.78, 5) is 11.5. The molecule has 1 rings (SSSR count). The summed E-state index contributed by atoms with van der Waals surface area (Å²) in [5.74, 6) is 0.433. The second-order valence-corrected chi connectivity index (χ2v) is 3.50. The first kappa shape index (κ1) is 10.8. The minimum Gasteiger partial charge on any atom is -0.378 e. The van der Waals surface area contributed by atoms with Crippen LogP contribution in [0.3, 0.4) is 0 Å². The monoisotopic (exact) mass is 191 g/mol. The molecule has 0 aliphatic rings. The van der Waals surface area contributed by atoms with Crippen molar-refractivity contribution in [2.24, 2.45) is 5.92 Å². The SMILES string of the molecule is CCC(C)C(=O)CNc1ccccc1. The van der Waals surface area contributed by atoms with Gasteiger partial charge in [0, 0.05) is 11.6 Å². The minimum atomic E-state index is 0.159. The van der Waals surface area contributed by atoms with Crippen LogP contribution in [0.2, 0.25) is 0 Å². The molecule has 0 saturated carbocycles. The zero-order valence-corrected chi connectivity index (χ0v) is 8.79. The van der Waals surface area contributed by atoms with Gasteiger partial charge in [0.05, 0.1) is 6.54 Å². The number of rotatable bonds is 5. The lowest BCUT2D eigenvalue weighted by Gasteiger charge is -2.09. The van der Waals surface area contributed by atoms with Crippen LogP contribution < -0.4 is 5.32 Å². The Labute approximate surface area is 85.3 Å². The Bertz CT molecular complexity index is 282. The van der Waals surface area contributed by atoms with Crippen molar-refractivity contribution >= 4 is 11.5 Å². The van der Waals surface area contributed by atoms with Gasteiger partial charge >= 0.3 is 0 Å². The highest BCUT2D eigenvalue weighted by Gasteiger charge is 2.09. The number of hydrogen-bond acceptors (Lipinski definition) is 2. The van der Waals surface area contributed by atoms with Crippen LogP contribution in [0.1, 0.15) is 20.3 Å². The van der Waals surface area contributed by atoms with E-state index in [2.05, 4.69) is 5.32 Å². The van der Waals surface area contributed by atoms with Gasteiger partial charge in [0.25, 0.3) is 0 Å². The van der Waals surface area contributed by atoms with E-state index >= 15 is 0 Å². The van der Waals surface area contributed by atoms with Crippen molar-refractivity contribution in [3.05, 3.63) is 30.3 Å². The third kappa shape index (κ3) is 3.21. The van der Waals surface area contributed by atoms with Crippen LogP contribution in [0.5, 0.6) is 0 Å². The Hall–Kier alpha value is -1.31. The Morgan fingerprint density at radius 1 is 1.36 bits per heavy atom. The smallest absolute Gasteiger partial charge is 0.154 e. The predicted molar refractivity (Wildman–Crippen MR) is 59.4 cm³/mol. The van der Waals surface area contributed by atoms with Crippen LogP contribution >= 0.6 is 0 Å². The lowest BCUT2D eigenvalue weighted by Crippen LogP contribution is -2.20. The van der Waals surface area contributed by atoms with Crippen LogP contribution in [-0.4, -0.2) is 12.3 Å². The normalized spacial score (nSPS) is 12.1. The molecule has 0 amide bonds. The van der Waals surface area contributed by atoms with Crippen LogP contribution in [0.4, 0.5) is 5.69 Å². The molecule has 2 nitrogen and oxygen atoms in total. The van der Waals surface area contributed by atoms with Gasteiger partial charge in [0.2, 0.25) is 0 Å². The number of carbonyl (C=O) groups is 1. The summed E-state index contributed by atoms with van der Waals surface area (Å²) in [7, 11) is 0. The molecule has 0 heterocycles. The second-order valence-electron chi connectivity index (χ2n) is 3.50. The van der Waals surface area contributed by atoms with Gasteiger partial charge in [-0.3, -0.25) is 4.79 Å². The lowest BCUT2D eigenvalue weighted by atomic mass is 10.0. The standard InChI is InChI=1S/C12H17NO/c1-3-10(2)12(14)9-13-11-7-5-4-6-8-11/h4-8,10,13H,3,9H2,1-2H3. The molecule has 76 valence electrons. The number of Topliss-reactive ketones (excluding diaryl/α,β-unsaturated/α-hetero) is 1. The Kier molecular flexibility index (Phi) is 4.17. The summed E-state index contributed by atoms with van der Waals surface area (Å²) in [6.45, 7) is 4.43. The Balaban J connectivity index is 2.38. The molecule has 1 N–H and O–H groups in total. The summed E-state index contributed by atoms with van der Waals surface area (Å²) in [5.41, 5.74) is 1.00. The molecule has 0 fully saturated rings. The molecule has 1 aromatic rings. The topological polar surface area (TPSA) is 29.1 Å². The predicted octanol–water partition coefficient (Wildman–Crippen LogP) is 2.71. The van der Waals surface area contributed by atoms with E-state index in [4.69, 9.17) is 0 Å². The summed E-state index contributed by atoms with van der Waals surface area (Å²) in [5, 5.41) is 3.11. The molecule has 0 saturated heterocycles. The van der Waals surface area contributed by atoms with Crippen molar-refractivity contribution in [1.29, 1.82) is 0 Å². The van der Waals surface area contributed by atoms with E-state index in [0.717, 1.165) is 12.1 Å². The summed E-state index contributed by atoms with van der Waals surface area (Å²) < 4.78 is 0. The van der Waals surface area contributed by atoms with Crippen LogP contribution in [0, 0.1) is 5.92 Å². The van der Waals surface area contributed by atoms with Gasteiger partial charge in [-0.1, -0.05) is 32.0 Å². The number of benzene rings is 1. The van der Waals surface area contributed by atoms with Gasteiger partial charge < -0.3 is 5.32 Å². The van der Waals surface area contributed by atoms with Gasteiger partial charge in [-0.25, -0.2) is 0 Å². The Morgan fingerprint density at radius 3 is 2.57 bits per heavy atom. The zero-order valence-electron chi connectivity index (χ0n) is 8.79. The first-order chi connectivity index (χ1) is 6.74. The molecule has 1 unspecified atom stereocenters. The Morgan fingerprint density at radius 2 is 2.00 bits per heavy atom. The maximum Gasteiger partial charge on any atom is 0.154 e. The van der Waals surface area contributed by atoms with E-state index in [1.807, 2.05) is 44.2 Å². The highest BCUT2D eigenvalue weighted by atomic mass is 16.1.